The van der Waals surface area contributed by atoms with E-state index < -0.39 is 0 Å². The van der Waals surface area contributed by atoms with Gasteiger partial charge in [0.2, 0.25) is 5.95 Å². The number of nitrogens with one attached hydrogen (secondary N) is 1. The second-order valence-corrected chi connectivity index (χ2v) is 7.13. The molecular formula is C25H24N4O. The Morgan fingerprint density at radius 1 is 0.833 bits per heavy atom. The molecule has 0 aliphatic heterocycles. The van der Waals surface area contributed by atoms with Gasteiger partial charge in [0.15, 0.2) is 0 Å². The molecule has 0 saturated carbocycles. The summed E-state index contributed by atoms with van der Waals surface area (Å²) in [6, 6.07) is 25.7. The number of aromatic nitrogens is 3. The van der Waals surface area contributed by atoms with Crippen molar-refractivity contribution in [1.82, 2.24) is 14.5 Å². The smallest absolute Gasteiger partial charge is 0.255 e. The number of pyridine rings is 1. The quantitative estimate of drug-likeness (QED) is 0.449. The highest BCUT2D eigenvalue weighted by Gasteiger charge is 2.11. The molecule has 0 fully saturated rings. The van der Waals surface area contributed by atoms with Gasteiger partial charge in [-0.3, -0.25) is 14.3 Å². The van der Waals surface area contributed by atoms with E-state index in [1.165, 1.54) is 5.56 Å². The van der Waals surface area contributed by atoms with E-state index >= 15 is 0 Å². The zero-order valence-corrected chi connectivity index (χ0v) is 16.7. The van der Waals surface area contributed by atoms with E-state index in [4.69, 9.17) is 4.98 Å². The van der Waals surface area contributed by atoms with Crippen LogP contribution in [0.3, 0.4) is 0 Å². The third-order valence-corrected chi connectivity index (χ3v) is 4.94. The Kier molecular flexibility index (Phi) is 6.30. The first-order valence-corrected chi connectivity index (χ1v) is 10.1. The fourth-order valence-corrected chi connectivity index (χ4v) is 3.37. The van der Waals surface area contributed by atoms with Crippen molar-refractivity contribution < 1.29 is 0 Å². The number of aryl methyl sites for hydroxylation is 1. The van der Waals surface area contributed by atoms with Crippen molar-refractivity contribution in [2.45, 2.75) is 19.4 Å². The first-order valence-electron chi connectivity index (χ1n) is 10.1. The molecular weight excluding hydrogens is 372 g/mol. The van der Waals surface area contributed by atoms with E-state index in [0.717, 1.165) is 30.5 Å². The van der Waals surface area contributed by atoms with Crippen LogP contribution in [-0.4, -0.2) is 21.1 Å². The summed E-state index contributed by atoms with van der Waals surface area (Å²) in [7, 11) is 0. The molecule has 30 heavy (non-hydrogen) atoms. The van der Waals surface area contributed by atoms with E-state index in [1.54, 1.807) is 23.0 Å². The van der Waals surface area contributed by atoms with Crippen LogP contribution in [0, 0.1) is 0 Å². The number of rotatable bonds is 8. The maximum atomic E-state index is 13.0. The minimum absolute atomic E-state index is 0.0776. The van der Waals surface area contributed by atoms with Gasteiger partial charge in [-0.2, -0.15) is 0 Å². The predicted molar refractivity (Wildman–Crippen MR) is 121 cm³/mol. The largest absolute Gasteiger partial charge is 0.356 e. The lowest BCUT2D eigenvalue weighted by molar-refractivity contribution is 0.733. The van der Waals surface area contributed by atoms with Gasteiger partial charge >= 0.3 is 0 Å². The summed E-state index contributed by atoms with van der Waals surface area (Å²) < 4.78 is 1.70. The standard InChI is InChI=1S/C25H24N4O/c30-24-18-23(22-13-16-26-17-14-22)28-25(29(24)19-21-10-5-2-6-11-21)27-15-7-12-20-8-3-1-4-9-20/h1-6,8-11,13-14,16-18H,7,12,15,19H2,(H,27,28). The van der Waals surface area contributed by atoms with Crippen molar-refractivity contribution >= 4 is 5.95 Å². The van der Waals surface area contributed by atoms with Gasteiger partial charge in [-0.1, -0.05) is 60.7 Å². The van der Waals surface area contributed by atoms with Crippen LogP contribution >= 0.6 is 0 Å². The molecule has 2 heterocycles. The SMILES string of the molecule is O=c1cc(-c2ccncc2)nc(NCCCc2ccccc2)n1Cc1ccccc1. The molecule has 0 unspecified atom stereocenters. The van der Waals surface area contributed by atoms with Gasteiger partial charge in [0.05, 0.1) is 12.2 Å². The maximum Gasteiger partial charge on any atom is 0.255 e. The highest BCUT2D eigenvalue weighted by atomic mass is 16.1. The van der Waals surface area contributed by atoms with Crippen LogP contribution in [0.2, 0.25) is 0 Å². The predicted octanol–water partition coefficient (Wildman–Crippen LogP) is 4.40. The van der Waals surface area contributed by atoms with Gasteiger partial charge in [-0.15, -0.1) is 0 Å². The fourth-order valence-electron chi connectivity index (χ4n) is 3.37. The molecule has 0 atom stereocenters. The van der Waals surface area contributed by atoms with Crippen LogP contribution in [0.4, 0.5) is 5.95 Å². The Labute approximate surface area is 176 Å². The third-order valence-electron chi connectivity index (χ3n) is 4.94. The van der Waals surface area contributed by atoms with Gasteiger partial charge in [0, 0.05) is 30.6 Å². The van der Waals surface area contributed by atoms with Gasteiger partial charge < -0.3 is 5.32 Å². The summed E-state index contributed by atoms with van der Waals surface area (Å²) in [6.45, 7) is 1.21. The minimum atomic E-state index is -0.0776. The molecule has 5 nitrogen and oxygen atoms in total. The molecule has 0 saturated heterocycles. The average molecular weight is 396 g/mol. The summed E-state index contributed by atoms with van der Waals surface area (Å²) in [6.07, 6.45) is 5.34. The minimum Gasteiger partial charge on any atom is -0.356 e. The Hall–Kier alpha value is -3.73. The molecule has 0 aliphatic rings. The third kappa shape index (κ3) is 5.00. The lowest BCUT2D eigenvalue weighted by Gasteiger charge is -2.15. The summed E-state index contributed by atoms with van der Waals surface area (Å²) in [5, 5.41) is 3.39. The van der Waals surface area contributed by atoms with E-state index in [-0.39, 0.29) is 5.56 Å². The lowest BCUT2D eigenvalue weighted by atomic mass is 10.1. The van der Waals surface area contributed by atoms with Crippen molar-refractivity contribution in [3.05, 3.63) is 113 Å². The van der Waals surface area contributed by atoms with Crippen LogP contribution < -0.4 is 10.9 Å². The fraction of sp³-hybridized carbons (Fsp3) is 0.160. The number of hydrogen-bond acceptors (Lipinski definition) is 4. The molecule has 0 spiro atoms. The molecule has 1 N–H and O–H groups in total. The van der Waals surface area contributed by atoms with Crippen LogP contribution in [0.5, 0.6) is 0 Å². The Morgan fingerprint density at radius 3 is 2.20 bits per heavy atom. The van der Waals surface area contributed by atoms with Gasteiger partial charge in [0.25, 0.3) is 5.56 Å². The Morgan fingerprint density at radius 2 is 1.50 bits per heavy atom. The molecule has 4 rings (SSSR count). The monoisotopic (exact) mass is 396 g/mol. The van der Waals surface area contributed by atoms with E-state index in [0.29, 0.717) is 18.2 Å². The van der Waals surface area contributed by atoms with Crippen molar-refractivity contribution in [3.63, 3.8) is 0 Å². The van der Waals surface area contributed by atoms with Gasteiger partial charge in [-0.25, -0.2) is 4.98 Å². The molecule has 0 radical (unpaired) electrons. The zero-order valence-electron chi connectivity index (χ0n) is 16.7. The second kappa shape index (κ2) is 9.65. The first kappa shape index (κ1) is 19.6. The average Bonchev–Trinajstić information content (AvgIpc) is 2.80. The Bertz CT molecular complexity index is 1130. The van der Waals surface area contributed by atoms with Crippen molar-refractivity contribution in [2.24, 2.45) is 0 Å². The normalized spacial score (nSPS) is 10.7. The number of benzene rings is 2. The van der Waals surface area contributed by atoms with Crippen LogP contribution in [0.1, 0.15) is 17.5 Å². The van der Waals surface area contributed by atoms with Crippen LogP contribution in [-0.2, 0) is 13.0 Å². The van der Waals surface area contributed by atoms with Crippen molar-refractivity contribution in [3.8, 4) is 11.3 Å². The summed E-state index contributed by atoms with van der Waals surface area (Å²) in [5.41, 5.74) is 3.81. The zero-order chi connectivity index (χ0) is 20.6. The first-order chi connectivity index (χ1) is 14.8. The van der Waals surface area contributed by atoms with Gasteiger partial charge in [0.1, 0.15) is 0 Å². The molecule has 2 aromatic carbocycles. The van der Waals surface area contributed by atoms with E-state index in [1.807, 2.05) is 48.5 Å². The summed E-state index contributed by atoms with van der Waals surface area (Å²) in [4.78, 5) is 21.8. The number of anilines is 1. The molecule has 5 heteroatoms. The highest BCUT2D eigenvalue weighted by molar-refractivity contribution is 5.59. The van der Waals surface area contributed by atoms with E-state index in [2.05, 4.69) is 34.6 Å². The lowest BCUT2D eigenvalue weighted by Crippen LogP contribution is -2.25. The highest BCUT2D eigenvalue weighted by Crippen LogP contribution is 2.17. The number of hydrogen-bond donors (Lipinski definition) is 1. The molecule has 0 aliphatic carbocycles. The summed E-state index contributed by atoms with van der Waals surface area (Å²) in [5.74, 6) is 0.589. The summed E-state index contributed by atoms with van der Waals surface area (Å²) >= 11 is 0. The number of nitrogens with zero attached hydrogens (tertiary/aromatic N) is 3. The van der Waals surface area contributed by atoms with E-state index in [9.17, 15) is 4.79 Å². The van der Waals surface area contributed by atoms with Gasteiger partial charge in [-0.05, 0) is 36.1 Å². The topological polar surface area (TPSA) is 59.8 Å². The molecule has 0 bridgehead atoms. The molecule has 4 aromatic rings. The second-order valence-electron chi connectivity index (χ2n) is 7.13. The van der Waals surface area contributed by atoms with Crippen molar-refractivity contribution in [1.29, 1.82) is 0 Å². The maximum absolute atomic E-state index is 13.0. The van der Waals surface area contributed by atoms with Crippen LogP contribution in [0.25, 0.3) is 11.3 Å². The molecule has 0 amide bonds. The van der Waals surface area contributed by atoms with Crippen molar-refractivity contribution in [2.75, 3.05) is 11.9 Å². The Balaban J connectivity index is 1.57. The molecule has 2 aromatic heterocycles. The van der Waals surface area contributed by atoms with Crippen LogP contribution in [0.15, 0.2) is 96.1 Å². The molecule has 150 valence electrons.